The lowest BCUT2D eigenvalue weighted by Crippen LogP contribution is -2.34. The second-order valence-electron chi connectivity index (χ2n) is 6.15. The van der Waals surface area contributed by atoms with E-state index in [1.165, 1.54) is 19.9 Å². The molecular formula is C16H20N2O5S. The molecule has 0 fully saturated rings. The number of urea groups is 1. The molecule has 8 heteroatoms. The maximum atomic E-state index is 12.2. The Kier molecular flexibility index (Phi) is 4.73. The number of benzene rings is 1. The molecule has 0 saturated heterocycles. The molecule has 0 atom stereocenters. The number of nitrogens with one attached hydrogen (secondary N) is 2. The van der Waals surface area contributed by atoms with E-state index in [1.54, 1.807) is 12.1 Å². The fraction of sp³-hybridized carbons (Fsp3) is 0.312. The van der Waals surface area contributed by atoms with Gasteiger partial charge in [-0.25, -0.2) is 9.52 Å². The molecule has 0 radical (unpaired) electrons. The number of hydrogen-bond acceptors (Lipinski definition) is 5. The van der Waals surface area contributed by atoms with Crippen molar-refractivity contribution in [2.45, 2.75) is 38.4 Å². The lowest BCUT2D eigenvalue weighted by atomic mass is 10.0. The number of carbonyl (C=O) groups is 1. The Hall–Kier alpha value is -2.32. The second kappa shape index (κ2) is 6.29. The van der Waals surface area contributed by atoms with Crippen LogP contribution in [0.2, 0.25) is 0 Å². The molecule has 1 heterocycles. The predicted molar refractivity (Wildman–Crippen MR) is 89.2 cm³/mol. The zero-order valence-corrected chi connectivity index (χ0v) is 14.7. The lowest BCUT2D eigenvalue weighted by Gasteiger charge is -2.13. The van der Waals surface area contributed by atoms with E-state index in [4.69, 9.17) is 4.42 Å². The van der Waals surface area contributed by atoms with Crippen LogP contribution >= 0.6 is 0 Å². The number of aryl methyl sites for hydroxylation is 2. The molecule has 1 aromatic heterocycles. The minimum Gasteiger partial charge on any atom is -0.451 e. The monoisotopic (exact) mass is 352 g/mol. The van der Waals surface area contributed by atoms with Crippen LogP contribution in [-0.4, -0.2) is 19.6 Å². The molecule has 1 aromatic carbocycles. The van der Waals surface area contributed by atoms with Crippen LogP contribution in [-0.2, 0) is 15.6 Å². The van der Waals surface area contributed by atoms with Crippen LogP contribution in [0.5, 0.6) is 0 Å². The molecule has 0 aliphatic rings. The normalized spacial score (nSPS) is 12.0. The third kappa shape index (κ3) is 4.36. The van der Waals surface area contributed by atoms with E-state index < -0.39 is 26.7 Å². The summed E-state index contributed by atoms with van der Waals surface area (Å²) in [6.07, 6.45) is 1.14. The highest BCUT2D eigenvalue weighted by Crippen LogP contribution is 2.24. The van der Waals surface area contributed by atoms with Crippen molar-refractivity contribution in [3.05, 3.63) is 47.2 Å². The van der Waals surface area contributed by atoms with E-state index in [0.717, 1.165) is 17.4 Å². The molecule has 0 spiro atoms. The highest BCUT2D eigenvalue weighted by molar-refractivity contribution is 7.89. The van der Waals surface area contributed by atoms with Crippen LogP contribution in [0.4, 0.5) is 10.5 Å². The number of carbonyl (C=O) groups excluding carboxylic acids is 1. The van der Waals surface area contributed by atoms with Gasteiger partial charge < -0.3 is 14.8 Å². The van der Waals surface area contributed by atoms with Gasteiger partial charge >= 0.3 is 6.03 Å². The van der Waals surface area contributed by atoms with Crippen LogP contribution in [0.1, 0.15) is 30.5 Å². The summed E-state index contributed by atoms with van der Waals surface area (Å²) in [6, 6.07) is 5.64. The fourth-order valence-corrected chi connectivity index (χ4v) is 3.01. The van der Waals surface area contributed by atoms with Crippen molar-refractivity contribution in [2.24, 2.45) is 0 Å². The molecule has 2 rings (SSSR count). The Morgan fingerprint density at radius 1 is 1.12 bits per heavy atom. The molecule has 24 heavy (non-hydrogen) atoms. The Bertz CT molecular complexity index is 843. The summed E-state index contributed by atoms with van der Waals surface area (Å²) >= 11 is 0. The van der Waals surface area contributed by atoms with Crippen LogP contribution in [0, 0.1) is 13.8 Å². The molecule has 7 nitrogen and oxygen atoms in total. The number of anilines is 1. The number of hydrogen-bond donors (Lipinski definition) is 3. The first-order valence-corrected chi connectivity index (χ1v) is 8.69. The third-order valence-electron chi connectivity index (χ3n) is 3.25. The molecule has 2 amide bonds. The summed E-state index contributed by atoms with van der Waals surface area (Å²) in [7, 11) is -4.18. The first-order valence-electron chi connectivity index (χ1n) is 7.21. The van der Waals surface area contributed by atoms with E-state index in [-0.39, 0.29) is 5.56 Å². The van der Waals surface area contributed by atoms with Crippen molar-refractivity contribution in [1.82, 2.24) is 4.72 Å². The van der Waals surface area contributed by atoms with Gasteiger partial charge in [0.15, 0.2) is 0 Å². The van der Waals surface area contributed by atoms with Crippen molar-refractivity contribution >= 4 is 21.7 Å². The Labute approximate surface area is 140 Å². The van der Waals surface area contributed by atoms with Gasteiger partial charge in [-0.2, -0.15) is 8.42 Å². The minimum absolute atomic E-state index is 0.289. The molecule has 0 unspecified atom stereocenters. The van der Waals surface area contributed by atoms with Gasteiger partial charge in [-0.1, -0.05) is 6.07 Å². The number of furan rings is 1. The largest absolute Gasteiger partial charge is 0.451 e. The average Bonchev–Trinajstić information content (AvgIpc) is 2.85. The minimum atomic E-state index is -4.18. The van der Waals surface area contributed by atoms with Crippen LogP contribution in [0.15, 0.2) is 40.0 Å². The van der Waals surface area contributed by atoms with Crippen LogP contribution in [0.3, 0.4) is 0 Å². The highest BCUT2D eigenvalue weighted by atomic mass is 32.2. The topological polar surface area (TPSA) is 109 Å². The van der Waals surface area contributed by atoms with E-state index in [1.807, 2.05) is 24.6 Å². The maximum Gasteiger partial charge on any atom is 0.333 e. The van der Waals surface area contributed by atoms with Gasteiger partial charge in [0.05, 0.1) is 11.9 Å². The average molecular weight is 352 g/mol. The van der Waals surface area contributed by atoms with Crippen molar-refractivity contribution in [1.29, 1.82) is 0 Å². The van der Waals surface area contributed by atoms with Crippen molar-refractivity contribution < 1.29 is 22.7 Å². The summed E-state index contributed by atoms with van der Waals surface area (Å²) in [4.78, 5) is 11.9. The van der Waals surface area contributed by atoms with Crippen molar-refractivity contribution in [3.63, 3.8) is 0 Å². The van der Waals surface area contributed by atoms with E-state index in [2.05, 4.69) is 5.32 Å². The fourth-order valence-electron chi connectivity index (χ4n) is 2.15. The zero-order chi connectivity index (χ0) is 18.1. The standard InChI is InChI=1S/C16H20N2O5S/c1-10-5-11(2)7-13(6-10)17-15(19)18-24(21,22)14-8-12(9-23-14)16(3,4)20/h5-9,20H,1-4H3,(H2,17,18,19). The van der Waals surface area contributed by atoms with Gasteiger partial charge in [0.2, 0.25) is 5.09 Å². The van der Waals surface area contributed by atoms with Crippen LogP contribution in [0.25, 0.3) is 0 Å². The first-order chi connectivity index (χ1) is 11.0. The molecular weight excluding hydrogens is 332 g/mol. The van der Waals surface area contributed by atoms with Gasteiger partial charge in [-0.15, -0.1) is 0 Å². The third-order valence-corrected chi connectivity index (χ3v) is 4.45. The Balaban J connectivity index is 2.14. The van der Waals surface area contributed by atoms with Crippen molar-refractivity contribution in [2.75, 3.05) is 5.32 Å². The van der Waals surface area contributed by atoms with Gasteiger partial charge in [0, 0.05) is 17.3 Å². The Morgan fingerprint density at radius 3 is 2.21 bits per heavy atom. The lowest BCUT2D eigenvalue weighted by molar-refractivity contribution is 0.0779. The van der Waals surface area contributed by atoms with E-state index in [0.29, 0.717) is 5.69 Å². The molecule has 0 aliphatic heterocycles. The molecule has 0 bridgehead atoms. The van der Waals surface area contributed by atoms with E-state index in [9.17, 15) is 18.3 Å². The molecule has 3 N–H and O–H groups in total. The summed E-state index contributed by atoms with van der Waals surface area (Å²) in [5.74, 6) is 0. The van der Waals surface area contributed by atoms with E-state index >= 15 is 0 Å². The predicted octanol–water partition coefficient (Wildman–Crippen LogP) is 2.63. The van der Waals surface area contributed by atoms with Gasteiger partial charge in [-0.3, -0.25) is 0 Å². The van der Waals surface area contributed by atoms with Crippen LogP contribution < -0.4 is 10.0 Å². The van der Waals surface area contributed by atoms with Gasteiger partial charge in [0.25, 0.3) is 10.0 Å². The molecule has 0 saturated carbocycles. The zero-order valence-electron chi connectivity index (χ0n) is 13.9. The summed E-state index contributed by atoms with van der Waals surface area (Å²) in [6.45, 7) is 6.73. The number of sulfonamides is 1. The quantitative estimate of drug-likeness (QED) is 0.784. The SMILES string of the molecule is Cc1cc(C)cc(NC(=O)NS(=O)(=O)c2cc(C(C)(C)O)co2)c1. The molecule has 130 valence electrons. The molecule has 0 aliphatic carbocycles. The Morgan fingerprint density at radius 2 is 1.71 bits per heavy atom. The highest BCUT2D eigenvalue weighted by Gasteiger charge is 2.26. The van der Waals surface area contributed by atoms with Gasteiger partial charge in [0.1, 0.15) is 0 Å². The first kappa shape index (κ1) is 18.0. The smallest absolute Gasteiger partial charge is 0.333 e. The number of aliphatic hydroxyl groups is 1. The van der Waals surface area contributed by atoms with Crippen molar-refractivity contribution in [3.8, 4) is 0 Å². The maximum absolute atomic E-state index is 12.2. The summed E-state index contributed by atoms with van der Waals surface area (Å²) in [5.41, 5.74) is 1.40. The summed E-state index contributed by atoms with van der Waals surface area (Å²) < 4.78 is 31.1. The second-order valence-corrected chi connectivity index (χ2v) is 7.76. The van der Waals surface area contributed by atoms with Gasteiger partial charge in [-0.05, 0) is 51.0 Å². The summed E-state index contributed by atoms with van der Waals surface area (Å²) in [5, 5.41) is 11.9. The molecule has 2 aromatic rings. The number of rotatable bonds is 4. The number of amides is 2.